The Morgan fingerprint density at radius 1 is 1.83 bits per heavy atom. The molecule has 0 bridgehead atoms. The lowest BCUT2D eigenvalue weighted by atomic mass is 9.84. The van der Waals surface area contributed by atoms with E-state index in [0.29, 0.717) is 0 Å². The average Bonchev–Trinajstić information content (AvgIpc) is 1.31. The Balaban J connectivity index is 2.01. The predicted octanol–water partition coefficient (Wildman–Crippen LogP) is 1.85. The molecule has 1 fully saturated rings. The molecule has 0 heteroatoms. The first-order valence-corrected chi connectivity index (χ1v) is 2.52. The van der Waals surface area contributed by atoms with Crippen molar-refractivity contribution >= 4 is 0 Å². The van der Waals surface area contributed by atoms with Gasteiger partial charge in [0, 0.05) is 0 Å². The van der Waals surface area contributed by atoms with Gasteiger partial charge < -0.3 is 0 Å². The second-order valence-corrected chi connectivity index (χ2v) is 1.63. The van der Waals surface area contributed by atoms with Crippen molar-refractivity contribution in [2.75, 3.05) is 0 Å². The van der Waals surface area contributed by atoms with Crippen LogP contribution in [0.3, 0.4) is 0 Å². The van der Waals surface area contributed by atoms with Gasteiger partial charge in [0.2, 0.25) is 0 Å². The van der Waals surface area contributed by atoms with Crippen LogP contribution in [0.15, 0.2) is 0 Å². The molecule has 0 aromatic carbocycles. The van der Waals surface area contributed by atoms with Crippen LogP contribution >= 0.6 is 0 Å². The summed E-state index contributed by atoms with van der Waals surface area (Å²) in [5.41, 5.74) is 0. The highest BCUT2D eigenvalue weighted by Gasteiger charge is 2.15. The Morgan fingerprint density at radius 2 is 2.50 bits per heavy atom. The molecule has 0 N–H and O–H groups in total. The molecular formula is C6H9. The largest absolute Gasteiger partial charge is 0.0648 e. The van der Waals surface area contributed by atoms with Crippen LogP contribution < -0.4 is 0 Å². The fourth-order valence-electron chi connectivity index (χ4n) is 0.604. The van der Waals surface area contributed by atoms with Gasteiger partial charge in [0.05, 0.1) is 0 Å². The van der Waals surface area contributed by atoms with Gasteiger partial charge in [0.15, 0.2) is 0 Å². The minimum absolute atomic E-state index is 1.21. The molecule has 0 atom stereocenters. The molecule has 3 radical (unpaired) electrons. The average molecular weight is 81.1 g/mol. The molecule has 0 aromatic rings. The van der Waals surface area contributed by atoms with E-state index in [1.54, 1.807) is 0 Å². The van der Waals surface area contributed by atoms with Gasteiger partial charge in [-0.25, -0.2) is 0 Å². The minimum Gasteiger partial charge on any atom is -0.0648 e. The van der Waals surface area contributed by atoms with Crippen molar-refractivity contribution in [1.29, 1.82) is 0 Å². The van der Waals surface area contributed by atoms with E-state index in [1.165, 1.54) is 25.2 Å². The van der Waals surface area contributed by atoms with Crippen molar-refractivity contribution in [2.45, 2.75) is 26.2 Å². The molecule has 0 unspecified atom stereocenters. The van der Waals surface area contributed by atoms with Crippen LogP contribution in [0, 0.1) is 12.3 Å². The van der Waals surface area contributed by atoms with Crippen LogP contribution in [0.1, 0.15) is 26.2 Å². The van der Waals surface area contributed by atoms with Gasteiger partial charge in [-0.05, 0) is 31.6 Å². The highest BCUT2D eigenvalue weighted by atomic mass is 14.2. The van der Waals surface area contributed by atoms with E-state index in [4.69, 9.17) is 0 Å². The van der Waals surface area contributed by atoms with Crippen molar-refractivity contribution < 1.29 is 0 Å². The summed E-state index contributed by atoms with van der Waals surface area (Å²) in [6.07, 6.45) is 6.96. The molecule has 0 aromatic heterocycles. The van der Waals surface area contributed by atoms with Crippen LogP contribution in [0.4, 0.5) is 0 Å². The van der Waals surface area contributed by atoms with E-state index < -0.39 is 0 Å². The number of hydrogen-bond donors (Lipinski definition) is 0. The number of rotatable bonds is 1. The molecule has 0 amide bonds. The van der Waals surface area contributed by atoms with Crippen molar-refractivity contribution in [3.8, 4) is 0 Å². The normalized spacial score (nSPS) is 23.5. The lowest BCUT2D eigenvalue weighted by Crippen LogP contribution is -2.06. The van der Waals surface area contributed by atoms with Gasteiger partial charge in [0.1, 0.15) is 0 Å². The van der Waals surface area contributed by atoms with Crippen molar-refractivity contribution in [2.24, 2.45) is 0 Å². The Labute approximate surface area is 39.6 Å². The van der Waals surface area contributed by atoms with Gasteiger partial charge in [-0.1, -0.05) is 6.92 Å². The van der Waals surface area contributed by atoms with Crippen molar-refractivity contribution in [3.63, 3.8) is 0 Å². The molecule has 6 heavy (non-hydrogen) atoms. The molecule has 0 aliphatic heterocycles. The van der Waals surface area contributed by atoms with Crippen LogP contribution in [-0.4, -0.2) is 0 Å². The Kier molecular flexibility index (Phi) is 1.13. The molecule has 0 heterocycles. The molecule has 0 saturated heterocycles. The summed E-state index contributed by atoms with van der Waals surface area (Å²) < 4.78 is 0. The topological polar surface area (TPSA) is 0 Å². The molecule has 1 aliphatic carbocycles. The molecule has 1 saturated carbocycles. The summed E-state index contributed by atoms with van der Waals surface area (Å²) in [4.78, 5) is 0. The zero-order valence-corrected chi connectivity index (χ0v) is 4.12. The molecule has 33 valence electrons. The highest BCUT2D eigenvalue weighted by molar-refractivity contribution is 5.11. The van der Waals surface area contributed by atoms with E-state index in [2.05, 4.69) is 13.3 Å². The molecule has 0 nitrogen and oxygen atoms in total. The van der Waals surface area contributed by atoms with E-state index in [0.717, 1.165) is 0 Å². The smallest absolute Gasteiger partial charge is 0.00999 e. The maximum absolute atomic E-state index is 3.21. The molecular weight excluding hydrogens is 72.1 g/mol. The van der Waals surface area contributed by atoms with E-state index in [9.17, 15) is 0 Å². The third-order valence-corrected chi connectivity index (χ3v) is 1.23. The maximum atomic E-state index is 3.21. The molecule has 1 rings (SSSR count). The van der Waals surface area contributed by atoms with E-state index in [-0.39, 0.29) is 0 Å². The first-order chi connectivity index (χ1) is 2.93. The summed E-state index contributed by atoms with van der Waals surface area (Å²) in [5, 5.41) is 0. The second kappa shape index (κ2) is 1.63. The Bertz CT molecular complexity index is 32.5. The zero-order valence-electron chi connectivity index (χ0n) is 4.12. The summed E-state index contributed by atoms with van der Waals surface area (Å²) in [6.45, 7) is 2.18. The predicted molar refractivity (Wildman–Crippen MR) is 26.0 cm³/mol. The maximum Gasteiger partial charge on any atom is -0.00999 e. The fraction of sp³-hybridized carbons (Fsp3) is 0.667. The second-order valence-electron chi connectivity index (χ2n) is 1.63. The summed E-state index contributed by atoms with van der Waals surface area (Å²) in [7, 11) is 0. The van der Waals surface area contributed by atoms with Crippen molar-refractivity contribution in [1.82, 2.24) is 0 Å². The fourth-order valence-corrected chi connectivity index (χ4v) is 0.604. The summed E-state index contributed by atoms with van der Waals surface area (Å²) in [6, 6.07) is 0. The molecule has 1 aliphatic rings. The van der Waals surface area contributed by atoms with Crippen LogP contribution in [-0.2, 0) is 0 Å². The van der Waals surface area contributed by atoms with Crippen LogP contribution in [0.5, 0.6) is 0 Å². The Hall–Kier alpha value is 0. The van der Waals surface area contributed by atoms with Crippen LogP contribution in [0.25, 0.3) is 0 Å². The summed E-state index contributed by atoms with van der Waals surface area (Å²) in [5.74, 6) is 1.52. The van der Waals surface area contributed by atoms with Gasteiger partial charge >= 0.3 is 0 Å². The quantitative estimate of drug-likeness (QED) is 0.452. The van der Waals surface area contributed by atoms with Crippen LogP contribution in [0.2, 0.25) is 0 Å². The SMILES string of the molecule is CC[C]1[C]CC1. The van der Waals surface area contributed by atoms with Gasteiger partial charge in [0.25, 0.3) is 0 Å². The highest BCUT2D eigenvalue weighted by Crippen LogP contribution is 2.29. The third-order valence-electron chi connectivity index (χ3n) is 1.23. The number of hydrogen-bond acceptors (Lipinski definition) is 0. The summed E-state index contributed by atoms with van der Waals surface area (Å²) >= 11 is 0. The van der Waals surface area contributed by atoms with Crippen molar-refractivity contribution in [3.05, 3.63) is 12.3 Å². The van der Waals surface area contributed by atoms with E-state index in [1.807, 2.05) is 0 Å². The molecule has 0 spiro atoms. The van der Waals surface area contributed by atoms with Gasteiger partial charge in [-0.15, -0.1) is 0 Å². The van der Waals surface area contributed by atoms with Gasteiger partial charge in [-0.2, -0.15) is 0 Å². The lowest BCUT2D eigenvalue weighted by Gasteiger charge is -2.20. The monoisotopic (exact) mass is 81.1 g/mol. The zero-order chi connectivity index (χ0) is 4.41. The third kappa shape index (κ3) is 0.562. The lowest BCUT2D eigenvalue weighted by molar-refractivity contribution is 0.647. The minimum atomic E-state index is 1.21. The standard InChI is InChI=1S/C6H9/c1-2-6-4-3-5-6/h2-4H2,1H3. The Morgan fingerprint density at radius 3 is 2.50 bits per heavy atom. The van der Waals surface area contributed by atoms with E-state index >= 15 is 0 Å². The first-order valence-electron chi connectivity index (χ1n) is 2.52. The van der Waals surface area contributed by atoms with Gasteiger partial charge in [-0.3, -0.25) is 0 Å². The first kappa shape index (κ1) is 4.17.